The molecule has 0 fully saturated rings. The zero-order valence-electron chi connectivity index (χ0n) is 43.9. The molecule has 0 aliphatic carbocycles. The van der Waals surface area contributed by atoms with E-state index < -0.39 is 0 Å². The molecular weight excluding hydrogens is 827 g/mol. The maximum atomic E-state index is 13.2. The number of hydrogen-bond acceptors (Lipinski definition) is 8. The Labute approximate surface area is 407 Å². The average Bonchev–Trinajstić information content (AvgIpc) is 3.30. The van der Waals surface area contributed by atoms with Gasteiger partial charge in [-0.2, -0.15) is 0 Å². The minimum atomic E-state index is -0.365. The van der Waals surface area contributed by atoms with Crippen molar-refractivity contribution in [1.29, 1.82) is 0 Å². The van der Waals surface area contributed by atoms with Crippen LogP contribution < -0.4 is 5.32 Å². The van der Waals surface area contributed by atoms with Gasteiger partial charge in [0.25, 0.3) is 0 Å². The van der Waals surface area contributed by atoms with Gasteiger partial charge in [0.1, 0.15) is 0 Å². The van der Waals surface area contributed by atoms with E-state index in [1.54, 1.807) is 4.90 Å². The fraction of sp³-hybridized carbons (Fsp3) is 0.893. The predicted octanol–water partition coefficient (Wildman–Crippen LogP) is 14.0. The number of carbonyl (C=O) groups excluding carboxylic acids is 4. The van der Waals surface area contributed by atoms with Crippen LogP contribution >= 0.6 is 0 Å². The van der Waals surface area contributed by atoms with E-state index >= 15 is 0 Å². The first-order chi connectivity index (χ1) is 32.3. The molecule has 0 unspecified atom stereocenters. The van der Waals surface area contributed by atoms with Crippen molar-refractivity contribution < 1.29 is 33.4 Å². The Morgan fingerprint density at radius 1 is 0.394 bits per heavy atom. The molecule has 0 aliphatic rings. The van der Waals surface area contributed by atoms with Crippen molar-refractivity contribution in [2.45, 2.75) is 258 Å². The molecule has 0 radical (unpaired) electrons. The highest BCUT2D eigenvalue weighted by atomic mass is 16.5. The number of ether oxygens (including phenoxy) is 3. The number of nitrogens with one attached hydrogen (secondary N) is 1. The van der Waals surface area contributed by atoms with Gasteiger partial charge < -0.3 is 29.3 Å². The molecule has 0 saturated heterocycles. The summed E-state index contributed by atoms with van der Waals surface area (Å²) in [5.41, 5.74) is 0. The van der Waals surface area contributed by atoms with E-state index in [9.17, 15) is 19.2 Å². The molecule has 0 aromatic carbocycles. The molecule has 388 valence electrons. The van der Waals surface area contributed by atoms with Crippen LogP contribution in [0.15, 0.2) is 12.2 Å². The summed E-state index contributed by atoms with van der Waals surface area (Å²) in [4.78, 5) is 54.0. The van der Waals surface area contributed by atoms with Gasteiger partial charge in [-0.25, -0.2) is 0 Å². The smallest absolute Gasteiger partial charge is 0.305 e. The summed E-state index contributed by atoms with van der Waals surface area (Å²) in [6.45, 7) is 7.87. The first-order valence-electron chi connectivity index (χ1n) is 28.1. The van der Waals surface area contributed by atoms with E-state index in [1.165, 1.54) is 192 Å². The summed E-state index contributed by atoms with van der Waals surface area (Å²) in [5, 5.41) is 2.74. The van der Waals surface area contributed by atoms with Crippen molar-refractivity contribution in [2.75, 3.05) is 66.7 Å². The molecule has 0 rings (SSSR count). The van der Waals surface area contributed by atoms with Crippen LogP contribution in [-0.4, -0.2) is 100 Å². The van der Waals surface area contributed by atoms with Crippen molar-refractivity contribution in [1.82, 2.24) is 15.1 Å². The molecule has 0 spiro atoms. The molecule has 0 aromatic heterocycles. The fourth-order valence-corrected chi connectivity index (χ4v) is 8.25. The number of hydrogen-bond donors (Lipinski definition) is 1. The minimum Gasteiger partial charge on any atom is -0.466 e. The van der Waals surface area contributed by atoms with Gasteiger partial charge in [-0.05, 0) is 39.8 Å². The van der Waals surface area contributed by atoms with Crippen LogP contribution in [0.4, 0.5) is 0 Å². The lowest BCUT2D eigenvalue weighted by Crippen LogP contribution is -2.33. The Hall–Kier alpha value is -2.46. The highest BCUT2D eigenvalue weighted by molar-refractivity contribution is 5.96. The van der Waals surface area contributed by atoms with Gasteiger partial charge in [-0.1, -0.05) is 219 Å². The van der Waals surface area contributed by atoms with E-state index in [-0.39, 0.29) is 37.0 Å². The van der Waals surface area contributed by atoms with Gasteiger partial charge in [0, 0.05) is 51.2 Å². The molecule has 0 saturated carbocycles. The normalized spacial score (nSPS) is 11.5. The number of amides is 2. The van der Waals surface area contributed by atoms with Crippen molar-refractivity contribution in [3.63, 3.8) is 0 Å². The maximum absolute atomic E-state index is 13.2. The summed E-state index contributed by atoms with van der Waals surface area (Å²) in [5.74, 6) is -1.06. The predicted molar refractivity (Wildman–Crippen MR) is 277 cm³/mol. The second-order valence-corrected chi connectivity index (χ2v) is 19.3. The highest BCUT2D eigenvalue weighted by Crippen LogP contribution is 2.16. The molecule has 10 nitrogen and oxygen atoms in total. The number of unbranched alkanes of at least 4 members (excludes halogenated alkanes) is 32. The summed E-state index contributed by atoms with van der Waals surface area (Å²) in [7, 11) is 3.95. The molecule has 1 N–H and O–H groups in total. The first kappa shape index (κ1) is 63.5. The SMILES string of the molecule is CCCCCCCCCCCCCCCCCCCC(=O)OCCCN(CCCOC(=O)CCCCCCCCCCCCCCCCCCC)C(=O)C=CC(=O)NCCOCCN(C)C. The lowest BCUT2D eigenvalue weighted by Gasteiger charge is -2.21. The lowest BCUT2D eigenvalue weighted by atomic mass is 10.0. The van der Waals surface area contributed by atoms with Gasteiger partial charge in [-0.3, -0.25) is 19.2 Å². The Morgan fingerprint density at radius 2 is 0.727 bits per heavy atom. The molecule has 0 atom stereocenters. The second kappa shape index (κ2) is 51.9. The van der Waals surface area contributed by atoms with Crippen molar-refractivity contribution in [3.05, 3.63) is 12.2 Å². The molecule has 0 aromatic rings. The van der Waals surface area contributed by atoms with E-state index in [1.807, 2.05) is 19.0 Å². The standard InChI is InChI=1S/C56H107N3O7/c1-5-7-9-11-13-15-17-19-21-23-25-27-29-31-33-35-37-41-55(62)65-49-39-46-59(54(61)44-43-53(60)57-45-51-64-52-48-58(3)4)47-40-50-66-56(63)42-38-36-34-32-30-28-26-24-22-20-18-16-14-12-10-8-6-2/h43-44H,5-42,45-52H2,1-4H3,(H,57,60). The van der Waals surface area contributed by atoms with Gasteiger partial charge in [0.15, 0.2) is 0 Å². The molecule has 0 aliphatic heterocycles. The van der Waals surface area contributed by atoms with Crippen LogP contribution in [0, 0.1) is 0 Å². The maximum Gasteiger partial charge on any atom is 0.305 e. The zero-order valence-corrected chi connectivity index (χ0v) is 43.9. The van der Waals surface area contributed by atoms with Crippen LogP contribution in [0.25, 0.3) is 0 Å². The Bertz CT molecular complexity index is 1060. The number of esters is 2. The first-order valence-corrected chi connectivity index (χ1v) is 28.1. The number of likely N-dealkylation sites (N-methyl/N-ethyl adjacent to an activating group) is 1. The number of rotatable bonds is 52. The largest absolute Gasteiger partial charge is 0.466 e. The lowest BCUT2D eigenvalue weighted by molar-refractivity contribution is -0.144. The fourth-order valence-electron chi connectivity index (χ4n) is 8.25. The molecule has 0 bridgehead atoms. The summed E-state index contributed by atoms with van der Waals surface area (Å²) in [6, 6.07) is 0. The van der Waals surface area contributed by atoms with E-state index in [4.69, 9.17) is 14.2 Å². The van der Waals surface area contributed by atoms with Crippen LogP contribution in [-0.2, 0) is 33.4 Å². The summed E-state index contributed by atoms with van der Waals surface area (Å²) < 4.78 is 16.5. The molecule has 10 heteroatoms. The topological polar surface area (TPSA) is 114 Å². The minimum absolute atomic E-state index is 0.192. The third-order valence-corrected chi connectivity index (χ3v) is 12.6. The Balaban J connectivity index is 4.28. The molecule has 66 heavy (non-hydrogen) atoms. The Morgan fingerprint density at radius 3 is 1.06 bits per heavy atom. The van der Waals surface area contributed by atoms with Crippen molar-refractivity contribution in [2.24, 2.45) is 0 Å². The Kier molecular flexibility index (Phi) is 50.0. The van der Waals surface area contributed by atoms with Gasteiger partial charge in [-0.15, -0.1) is 0 Å². The quantitative estimate of drug-likeness (QED) is 0.0364. The van der Waals surface area contributed by atoms with Crippen molar-refractivity contribution in [3.8, 4) is 0 Å². The van der Waals surface area contributed by atoms with Crippen LogP contribution in [0.5, 0.6) is 0 Å². The van der Waals surface area contributed by atoms with E-state index in [0.717, 1.165) is 45.1 Å². The number of carbonyl (C=O) groups is 4. The summed E-state index contributed by atoms with van der Waals surface area (Å²) >= 11 is 0. The molecule has 0 heterocycles. The molecular formula is C56H107N3O7. The molecule has 2 amide bonds. The van der Waals surface area contributed by atoms with Crippen LogP contribution in [0.2, 0.25) is 0 Å². The van der Waals surface area contributed by atoms with Crippen molar-refractivity contribution >= 4 is 23.8 Å². The van der Waals surface area contributed by atoms with Gasteiger partial charge >= 0.3 is 11.9 Å². The van der Waals surface area contributed by atoms with Gasteiger partial charge in [0.05, 0.1) is 26.4 Å². The van der Waals surface area contributed by atoms with Crippen LogP contribution in [0.3, 0.4) is 0 Å². The number of nitrogens with zero attached hydrogens (tertiary/aromatic N) is 2. The average molecular weight is 934 g/mol. The summed E-state index contributed by atoms with van der Waals surface area (Å²) in [6.07, 6.45) is 48.6. The third-order valence-electron chi connectivity index (χ3n) is 12.6. The zero-order chi connectivity index (χ0) is 48.2. The highest BCUT2D eigenvalue weighted by Gasteiger charge is 2.13. The monoisotopic (exact) mass is 934 g/mol. The van der Waals surface area contributed by atoms with Crippen LogP contribution in [0.1, 0.15) is 258 Å². The third kappa shape index (κ3) is 49.4. The van der Waals surface area contributed by atoms with E-state index in [2.05, 4.69) is 19.2 Å². The van der Waals surface area contributed by atoms with E-state index in [0.29, 0.717) is 58.5 Å². The second-order valence-electron chi connectivity index (χ2n) is 19.3. The van der Waals surface area contributed by atoms with Gasteiger partial charge in [0.2, 0.25) is 11.8 Å².